The second-order valence-corrected chi connectivity index (χ2v) is 4.54. The molecule has 0 atom stereocenters. The first-order valence-electron chi connectivity index (χ1n) is 6.91. The highest BCUT2D eigenvalue weighted by Crippen LogP contribution is 2.15. The first kappa shape index (κ1) is 14.0. The molecule has 0 aromatic heterocycles. The Balaban J connectivity index is 0.000000344. The zero-order valence-corrected chi connectivity index (χ0v) is 10.5. The van der Waals surface area contributed by atoms with Crippen LogP contribution in [0.1, 0.15) is 90.9 Å². The molecule has 0 spiro atoms. The van der Waals surface area contributed by atoms with Crippen LogP contribution in [0.25, 0.3) is 0 Å². The van der Waals surface area contributed by atoms with Crippen LogP contribution < -0.4 is 0 Å². The maximum Gasteiger partial charge on any atom is -0.0533 e. The van der Waals surface area contributed by atoms with Gasteiger partial charge in [0.15, 0.2) is 0 Å². The van der Waals surface area contributed by atoms with Crippen molar-refractivity contribution in [2.75, 3.05) is 0 Å². The molecule has 0 saturated heterocycles. The lowest BCUT2D eigenvalue weighted by Gasteiger charge is -2.05. The molecule has 14 heavy (non-hydrogen) atoms. The Hall–Kier alpha value is 0. The van der Waals surface area contributed by atoms with E-state index in [4.69, 9.17) is 0 Å². The van der Waals surface area contributed by atoms with E-state index in [0.29, 0.717) is 0 Å². The monoisotopic (exact) mass is 198 g/mol. The third-order valence-corrected chi connectivity index (χ3v) is 2.96. The van der Waals surface area contributed by atoms with E-state index in [1.807, 2.05) is 0 Å². The summed E-state index contributed by atoms with van der Waals surface area (Å²) in [5.74, 6) is 0. The molecule has 0 aromatic carbocycles. The quantitative estimate of drug-likeness (QED) is 0.460. The van der Waals surface area contributed by atoms with Crippen LogP contribution >= 0.6 is 0 Å². The average molecular weight is 198 g/mol. The SMILES string of the molecule is C1CCC1.CCCCCCCCCC. The lowest BCUT2D eigenvalue weighted by atomic mass is 10.0. The van der Waals surface area contributed by atoms with Crippen molar-refractivity contribution >= 4 is 0 Å². The van der Waals surface area contributed by atoms with Gasteiger partial charge in [-0.1, -0.05) is 90.9 Å². The summed E-state index contributed by atoms with van der Waals surface area (Å²) in [4.78, 5) is 0. The molecule has 0 bridgehead atoms. The topological polar surface area (TPSA) is 0 Å². The molecule has 0 nitrogen and oxygen atoms in total. The summed E-state index contributed by atoms with van der Waals surface area (Å²) < 4.78 is 0. The molecule has 0 aromatic rings. The van der Waals surface area contributed by atoms with Gasteiger partial charge in [0.1, 0.15) is 0 Å². The lowest BCUT2D eigenvalue weighted by Crippen LogP contribution is -1.85. The van der Waals surface area contributed by atoms with Crippen molar-refractivity contribution in [2.24, 2.45) is 0 Å². The van der Waals surface area contributed by atoms with Crippen molar-refractivity contribution < 1.29 is 0 Å². The molecule has 1 aliphatic carbocycles. The number of rotatable bonds is 7. The second kappa shape index (κ2) is 13.0. The fraction of sp³-hybridized carbons (Fsp3) is 1.00. The van der Waals surface area contributed by atoms with Gasteiger partial charge in [-0.15, -0.1) is 0 Å². The minimum Gasteiger partial charge on any atom is -0.0654 e. The van der Waals surface area contributed by atoms with Crippen LogP contribution in [-0.4, -0.2) is 0 Å². The predicted molar refractivity (Wildman–Crippen MR) is 66.8 cm³/mol. The molecule has 0 heterocycles. The highest BCUT2D eigenvalue weighted by atomic mass is 14.0. The van der Waals surface area contributed by atoms with Crippen LogP contribution in [0, 0.1) is 0 Å². The summed E-state index contributed by atoms with van der Waals surface area (Å²) in [6.07, 6.45) is 17.5. The molecular weight excluding hydrogens is 168 g/mol. The fourth-order valence-electron chi connectivity index (χ4n) is 1.46. The van der Waals surface area contributed by atoms with Crippen LogP contribution in [0.5, 0.6) is 0 Å². The Morgan fingerprint density at radius 2 is 0.786 bits per heavy atom. The molecule has 0 radical (unpaired) electrons. The van der Waals surface area contributed by atoms with Crippen molar-refractivity contribution in [3.8, 4) is 0 Å². The zero-order chi connectivity index (χ0) is 10.5. The number of hydrogen-bond donors (Lipinski definition) is 0. The van der Waals surface area contributed by atoms with Gasteiger partial charge in [0.05, 0.1) is 0 Å². The zero-order valence-electron chi connectivity index (χ0n) is 10.5. The molecular formula is C14H30. The molecule has 1 saturated carbocycles. The minimum absolute atomic E-state index is 1.37. The van der Waals surface area contributed by atoms with Crippen molar-refractivity contribution in [1.29, 1.82) is 0 Å². The molecule has 0 heteroatoms. The summed E-state index contributed by atoms with van der Waals surface area (Å²) in [6, 6.07) is 0. The van der Waals surface area contributed by atoms with Crippen molar-refractivity contribution in [1.82, 2.24) is 0 Å². The predicted octanol–water partition coefficient (Wildman–Crippen LogP) is 5.71. The molecule has 0 N–H and O–H groups in total. The third kappa shape index (κ3) is 12.0. The van der Waals surface area contributed by atoms with E-state index in [9.17, 15) is 0 Å². The second-order valence-electron chi connectivity index (χ2n) is 4.54. The molecule has 0 unspecified atom stereocenters. The summed E-state index contributed by atoms with van der Waals surface area (Å²) in [5.41, 5.74) is 0. The summed E-state index contributed by atoms with van der Waals surface area (Å²) in [6.45, 7) is 4.54. The van der Waals surface area contributed by atoms with E-state index in [-0.39, 0.29) is 0 Å². The molecule has 0 amide bonds. The Morgan fingerprint density at radius 1 is 0.500 bits per heavy atom. The van der Waals surface area contributed by atoms with Crippen LogP contribution in [0.4, 0.5) is 0 Å². The smallest absolute Gasteiger partial charge is 0.0533 e. The Labute approximate surface area is 91.5 Å². The maximum atomic E-state index is 2.27. The average Bonchev–Trinajstić information content (AvgIpc) is 2.08. The minimum atomic E-state index is 1.37. The van der Waals surface area contributed by atoms with E-state index in [2.05, 4.69) is 13.8 Å². The van der Waals surface area contributed by atoms with Crippen molar-refractivity contribution in [3.05, 3.63) is 0 Å². The fourth-order valence-corrected chi connectivity index (χ4v) is 1.46. The van der Waals surface area contributed by atoms with Crippen LogP contribution in [0.15, 0.2) is 0 Å². The Bertz CT molecular complexity index is 70.0. The van der Waals surface area contributed by atoms with Crippen molar-refractivity contribution in [2.45, 2.75) is 90.9 Å². The molecule has 1 rings (SSSR count). The van der Waals surface area contributed by atoms with Gasteiger partial charge in [0.2, 0.25) is 0 Å². The first-order chi connectivity index (χ1) is 6.91. The van der Waals surface area contributed by atoms with E-state index in [0.717, 1.165) is 0 Å². The Morgan fingerprint density at radius 3 is 1.00 bits per heavy atom. The maximum absolute atomic E-state index is 2.27. The summed E-state index contributed by atoms with van der Waals surface area (Å²) >= 11 is 0. The van der Waals surface area contributed by atoms with Gasteiger partial charge in [-0.25, -0.2) is 0 Å². The largest absolute Gasteiger partial charge is 0.0654 e. The van der Waals surface area contributed by atoms with Crippen molar-refractivity contribution in [3.63, 3.8) is 0 Å². The first-order valence-corrected chi connectivity index (χ1v) is 6.91. The van der Waals surface area contributed by atoms with Gasteiger partial charge in [-0.05, 0) is 0 Å². The van der Waals surface area contributed by atoms with Gasteiger partial charge in [0.25, 0.3) is 0 Å². The number of unbranched alkanes of at least 4 members (excludes halogenated alkanes) is 7. The summed E-state index contributed by atoms with van der Waals surface area (Å²) in [5, 5.41) is 0. The molecule has 0 aliphatic heterocycles. The van der Waals surface area contributed by atoms with E-state index >= 15 is 0 Å². The molecule has 1 fully saturated rings. The Kier molecular flexibility index (Phi) is 13.0. The standard InChI is InChI=1S/C10H22.C4H8/c1-3-5-7-9-10-8-6-4-2;1-2-4-3-1/h3-10H2,1-2H3;1-4H2. The van der Waals surface area contributed by atoms with E-state index < -0.39 is 0 Å². The molecule has 86 valence electrons. The van der Waals surface area contributed by atoms with Gasteiger partial charge < -0.3 is 0 Å². The van der Waals surface area contributed by atoms with Crippen LogP contribution in [0.2, 0.25) is 0 Å². The summed E-state index contributed by atoms with van der Waals surface area (Å²) in [7, 11) is 0. The van der Waals surface area contributed by atoms with Crippen LogP contribution in [-0.2, 0) is 0 Å². The van der Waals surface area contributed by atoms with E-state index in [1.54, 1.807) is 0 Å². The highest BCUT2D eigenvalue weighted by Gasteiger charge is 1.95. The normalized spacial score (nSPS) is 14.1. The third-order valence-electron chi connectivity index (χ3n) is 2.96. The van der Waals surface area contributed by atoms with Crippen LogP contribution in [0.3, 0.4) is 0 Å². The number of hydrogen-bond acceptors (Lipinski definition) is 0. The van der Waals surface area contributed by atoms with Gasteiger partial charge >= 0.3 is 0 Å². The van der Waals surface area contributed by atoms with Gasteiger partial charge in [-0.2, -0.15) is 0 Å². The lowest BCUT2D eigenvalue weighted by molar-refractivity contribution is 0.504. The van der Waals surface area contributed by atoms with Gasteiger partial charge in [0, 0.05) is 0 Å². The van der Waals surface area contributed by atoms with Gasteiger partial charge in [-0.3, -0.25) is 0 Å². The molecule has 1 aliphatic rings. The van der Waals surface area contributed by atoms with E-state index in [1.165, 1.54) is 77.0 Å². The highest BCUT2D eigenvalue weighted by molar-refractivity contribution is 4.50.